The molecule has 0 amide bonds. The highest BCUT2D eigenvalue weighted by Crippen LogP contribution is 2.14. The van der Waals surface area contributed by atoms with E-state index >= 15 is 0 Å². The van der Waals surface area contributed by atoms with E-state index in [4.69, 9.17) is 10.2 Å². The number of unbranched alkanes of at least 4 members (excludes halogenated alkanes) is 2. The lowest BCUT2D eigenvalue weighted by molar-refractivity contribution is 0.0683. The Balaban J connectivity index is 0.000000300. The molecule has 0 saturated heterocycles. The van der Waals surface area contributed by atoms with Crippen molar-refractivity contribution in [2.45, 2.75) is 52.4 Å². The number of aromatic carboxylic acids is 2. The molecule has 0 saturated carbocycles. The Bertz CT molecular complexity index is 811. The Hall–Kier alpha value is -3.28. The molecule has 0 aliphatic heterocycles. The molecule has 2 rings (SSSR count). The summed E-state index contributed by atoms with van der Waals surface area (Å²) in [5, 5.41) is 17.8. The Morgan fingerprint density at radius 3 is 1.17 bits per heavy atom. The summed E-state index contributed by atoms with van der Waals surface area (Å²) in [5.74, 6) is -2.27. The van der Waals surface area contributed by atoms with E-state index in [2.05, 4.69) is 0 Å². The molecule has 160 valence electrons. The quantitative estimate of drug-likeness (QED) is 0.498. The molecule has 30 heavy (non-hydrogen) atoms. The molecular formula is C24H28O6. The van der Waals surface area contributed by atoms with Crippen molar-refractivity contribution in [3.8, 4) is 0 Å². The van der Waals surface area contributed by atoms with Gasteiger partial charge >= 0.3 is 11.9 Å². The van der Waals surface area contributed by atoms with Crippen molar-refractivity contribution in [3.63, 3.8) is 0 Å². The first-order valence-electron chi connectivity index (χ1n) is 10.0. The molecule has 2 aromatic carbocycles. The van der Waals surface area contributed by atoms with Crippen molar-refractivity contribution < 1.29 is 29.4 Å². The number of carboxylic acids is 2. The minimum atomic E-state index is -1.05. The molecule has 0 aliphatic carbocycles. The Labute approximate surface area is 176 Å². The summed E-state index contributed by atoms with van der Waals surface area (Å²) in [6.45, 7) is 3.99. The summed E-state index contributed by atoms with van der Waals surface area (Å²) in [6.07, 6.45) is 4.29. The van der Waals surface area contributed by atoms with Gasteiger partial charge in [0, 0.05) is 24.0 Å². The van der Waals surface area contributed by atoms with Crippen molar-refractivity contribution >= 4 is 23.5 Å². The van der Waals surface area contributed by atoms with Crippen LogP contribution in [0.4, 0.5) is 0 Å². The second-order valence-electron chi connectivity index (χ2n) is 6.75. The minimum absolute atomic E-state index is 0.0881. The topological polar surface area (TPSA) is 109 Å². The number of hydrogen-bond acceptors (Lipinski definition) is 4. The fourth-order valence-corrected chi connectivity index (χ4v) is 2.77. The van der Waals surface area contributed by atoms with Crippen LogP contribution in [-0.2, 0) is 0 Å². The van der Waals surface area contributed by atoms with Gasteiger partial charge in [-0.1, -0.05) is 63.1 Å². The maximum Gasteiger partial charge on any atom is 0.336 e. The highest BCUT2D eigenvalue weighted by molar-refractivity contribution is 6.06. The third kappa shape index (κ3) is 7.62. The zero-order valence-electron chi connectivity index (χ0n) is 17.4. The second kappa shape index (κ2) is 13.0. The molecule has 0 spiro atoms. The molecule has 0 aromatic heterocycles. The minimum Gasteiger partial charge on any atom is -0.478 e. The van der Waals surface area contributed by atoms with Crippen LogP contribution >= 0.6 is 0 Å². The summed E-state index contributed by atoms with van der Waals surface area (Å²) in [4.78, 5) is 45.0. The summed E-state index contributed by atoms with van der Waals surface area (Å²) >= 11 is 0. The highest BCUT2D eigenvalue weighted by atomic mass is 16.4. The first-order chi connectivity index (χ1) is 14.3. The summed E-state index contributed by atoms with van der Waals surface area (Å²) in [7, 11) is 0. The van der Waals surface area contributed by atoms with Crippen LogP contribution in [0.15, 0.2) is 48.5 Å². The van der Waals surface area contributed by atoms with E-state index in [-0.39, 0.29) is 22.7 Å². The second-order valence-corrected chi connectivity index (χ2v) is 6.75. The van der Waals surface area contributed by atoms with Gasteiger partial charge in [-0.2, -0.15) is 0 Å². The molecule has 0 fully saturated rings. The number of Topliss-reactive ketones (excluding diaryl/α,β-unsaturated/α-hetero) is 2. The molecule has 0 unspecified atom stereocenters. The average molecular weight is 412 g/mol. The first kappa shape index (κ1) is 24.8. The van der Waals surface area contributed by atoms with Crippen molar-refractivity contribution in [2.75, 3.05) is 0 Å². The van der Waals surface area contributed by atoms with Gasteiger partial charge in [0.1, 0.15) is 0 Å². The van der Waals surface area contributed by atoms with Crippen LogP contribution in [0.25, 0.3) is 0 Å². The van der Waals surface area contributed by atoms with Crippen molar-refractivity contribution in [2.24, 2.45) is 0 Å². The van der Waals surface area contributed by atoms with E-state index in [0.717, 1.165) is 25.7 Å². The van der Waals surface area contributed by atoms with Crippen LogP contribution < -0.4 is 0 Å². The zero-order chi connectivity index (χ0) is 22.5. The van der Waals surface area contributed by atoms with Crippen LogP contribution in [0.2, 0.25) is 0 Å². The lowest BCUT2D eigenvalue weighted by Gasteiger charge is -2.03. The van der Waals surface area contributed by atoms with Gasteiger partial charge in [-0.15, -0.1) is 0 Å². The SMILES string of the molecule is CCCCC(=O)c1ccccc1C(=O)O.CCCCC(=O)c1ccccc1C(=O)O. The van der Waals surface area contributed by atoms with E-state index in [1.165, 1.54) is 12.1 Å². The smallest absolute Gasteiger partial charge is 0.336 e. The Morgan fingerprint density at radius 2 is 0.900 bits per heavy atom. The van der Waals surface area contributed by atoms with Crippen molar-refractivity contribution in [1.82, 2.24) is 0 Å². The van der Waals surface area contributed by atoms with Crippen LogP contribution in [0.1, 0.15) is 93.8 Å². The third-order valence-corrected chi connectivity index (χ3v) is 4.43. The largest absolute Gasteiger partial charge is 0.478 e. The number of carbonyl (C=O) groups excluding carboxylic acids is 2. The molecule has 0 aliphatic rings. The van der Waals surface area contributed by atoms with Crippen molar-refractivity contribution in [3.05, 3.63) is 70.8 Å². The molecule has 6 nitrogen and oxygen atoms in total. The molecule has 2 N–H and O–H groups in total. The maximum atomic E-state index is 11.7. The molecule has 2 aromatic rings. The zero-order valence-corrected chi connectivity index (χ0v) is 17.4. The lowest BCUT2D eigenvalue weighted by atomic mass is 10.0. The molecule has 0 heterocycles. The predicted molar refractivity (Wildman–Crippen MR) is 115 cm³/mol. The first-order valence-corrected chi connectivity index (χ1v) is 10.0. The maximum absolute atomic E-state index is 11.7. The molecule has 0 atom stereocenters. The van der Waals surface area contributed by atoms with Gasteiger partial charge in [0.05, 0.1) is 11.1 Å². The van der Waals surface area contributed by atoms with Gasteiger partial charge in [-0.25, -0.2) is 9.59 Å². The lowest BCUT2D eigenvalue weighted by Crippen LogP contribution is -2.08. The Morgan fingerprint density at radius 1 is 0.600 bits per heavy atom. The van der Waals surface area contributed by atoms with Gasteiger partial charge in [-0.3, -0.25) is 9.59 Å². The molecular weight excluding hydrogens is 384 g/mol. The molecule has 0 bridgehead atoms. The standard InChI is InChI=1S/2C12H14O3/c2*1-2-3-8-11(13)9-6-4-5-7-10(9)12(14)15/h2*4-7H,2-3,8H2,1H3,(H,14,15). The van der Waals surface area contributed by atoms with Crippen LogP contribution in [0.3, 0.4) is 0 Å². The van der Waals surface area contributed by atoms with Crippen LogP contribution in [-0.4, -0.2) is 33.7 Å². The van der Waals surface area contributed by atoms with E-state index in [0.29, 0.717) is 24.0 Å². The van der Waals surface area contributed by atoms with Crippen molar-refractivity contribution in [1.29, 1.82) is 0 Å². The number of ketones is 2. The van der Waals surface area contributed by atoms with Gasteiger partial charge < -0.3 is 10.2 Å². The third-order valence-electron chi connectivity index (χ3n) is 4.43. The number of carboxylic acid groups (broad SMARTS) is 2. The highest BCUT2D eigenvalue weighted by Gasteiger charge is 2.15. The molecule has 6 heteroatoms. The normalized spacial score (nSPS) is 9.93. The summed E-state index contributed by atoms with van der Waals surface area (Å²) < 4.78 is 0. The van der Waals surface area contributed by atoms with Crippen LogP contribution in [0.5, 0.6) is 0 Å². The van der Waals surface area contributed by atoms with Gasteiger partial charge in [0.15, 0.2) is 11.6 Å². The fraction of sp³-hybridized carbons (Fsp3) is 0.333. The monoisotopic (exact) mass is 412 g/mol. The van der Waals surface area contributed by atoms with Crippen LogP contribution in [0, 0.1) is 0 Å². The van der Waals surface area contributed by atoms with Gasteiger partial charge in [-0.05, 0) is 25.0 Å². The summed E-state index contributed by atoms with van der Waals surface area (Å²) in [5.41, 5.74) is 0.828. The fourth-order valence-electron chi connectivity index (χ4n) is 2.77. The van der Waals surface area contributed by atoms with E-state index in [1.807, 2.05) is 13.8 Å². The van der Waals surface area contributed by atoms with E-state index < -0.39 is 11.9 Å². The Kier molecular flexibility index (Phi) is 10.8. The summed E-state index contributed by atoms with van der Waals surface area (Å²) in [6, 6.07) is 12.7. The number of benzene rings is 2. The van der Waals surface area contributed by atoms with Gasteiger partial charge in [0.25, 0.3) is 0 Å². The van der Waals surface area contributed by atoms with E-state index in [9.17, 15) is 19.2 Å². The van der Waals surface area contributed by atoms with E-state index in [1.54, 1.807) is 36.4 Å². The average Bonchev–Trinajstić information content (AvgIpc) is 2.76. The predicted octanol–water partition coefficient (Wildman–Crippen LogP) is 5.52. The molecule has 0 radical (unpaired) electrons. The van der Waals surface area contributed by atoms with Gasteiger partial charge in [0.2, 0.25) is 0 Å². The number of rotatable bonds is 10. The number of carbonyl (C=O) groups is 4. The number of hydrogen-bond donors (Lipinski definition) is 2.